The maximum Gasteiger partial charge on any atom is 0.251 e. The van der Waals surface area contributed by atoms with Gasteiger partial charge in [-0.15, -0.1) is 0 Å². The summed E-state index contributed by atoms with van der Waals surface area (Å²) >= 11 is 6.49. The molecule has 0 spiro atoms. The number of aromatic amines is 1. The number of aromatic nitrogens is 1. The molecule has 1 fully saturated rings. The molecule has 2 aromatic rings. The van der Waals surface area contributed by atoms with E-state index in [0.717, 1.165) is 43.5 Å². The molecule has 1 saturated carbocycles. The van der Waals surface area contributed by atoms with Crippen LogP contribution in [0.1, 0.15) is 59.8 Å². The Morgan fingerprint density at radius 2 is 1.79 bits per heavy atom. The van der Waals surface area contributed by atoms with E-state index in [0.29, 0.717) is 39.8 Å². The van der Waals surface area contributed by atoms with Crippen LogP contribution in [0, 0.1) is 13.8 Å². The number of carbonyl (C=O) groups excluding carboxylic acids is 1. The molecule has 1 aliphatic rings. The van der Waals surface area contributed by atoms with Gasteiger partial charge >= 0.3 is 0 Å². The molecule has 1 amide bonds. The third kappa shape index (κ3) is 5.76. The lowest BCUT2D eigenvalue weighted by atomic mass is 9.89. The largest absolute Gasteiger partial charge is 0.482 e. The van der Waals surface area contributed by atoms with Gasteiger partial charge in [-0.1, -0.05) is 11.6 Å². The lowest BCUT2D eigenvalue weighted by Gasteiger charge is -2.40. The molecule has 0 bridgehead atoms. The second kappa shape index (κ2) is 11.3. The summed E-state index contributed by atoms with van der Waals surface area (Å²) in [6.45, 7) is 6.88. The Balaban J connectivity index is 1.81. The first-order valence-corrected chi connectivity index (χ1v) is 12.3. The van der Waals surface area contributed by atoms with E-state index in [9.17, 15) is 9.59 Å². The van der Waals surface area contributed by atoms with Crippen LogP contribution in [0.5, 0.6) is 5.88 Å². The van der Waals surface area contributed by atoms with E-state index in [1.54, 1.807) is 13.0 Å². The maximum atomic E-state index is 13.2. The van der Waals surface area contributed by atoms with Crippen LogP contribution in [-0.2, 0) is 6.54 Å². The van der Waals surface area contributed by atoms with Crippen molar-refractivity contribution >= 4 is 23.2 Å². The van der Waals surface area contributed by atoms with Crippen LogP contribution in [0.25, 0.3) is 0 Å². The van der Waals surface area contributed by atoms with Gasteiger partial charge in [0.25, 0.3) is 5.91 Å². The smallest absolute Gasteiger partial charge is 0.251 e. The molecule has 1 heterocycles. The molecular formula is C26H37ClN4O3. The molecule has 0 unspecified atom stereocenters. The van der Waals surface area contributed by atoms with Crippen molar-refractivity contribution in [1.82, 2.24) is 15.2 Å². The minimum Gasteiger partial charge on any atom is -0.482 e. The number of benzene rings is 1. The number of hydrogen-bond acceptors (Lipinski definition) is 5. The van der Waals surface area contributed by atoms with Crippen molar-refractivity contribution in [3.63, 3.8) is 0 Å². The zero-order valence-electron chi connectivity index (χ0n) is 21.1. The number of methoxy groups -OCH3 is 1. The normalized spacial score (nSPS) is 18.1. The van der Waals surface area contributed by atoms with Gasteiger partial charge in [0.2, 0.25) is 0 Å². The highest BCUT2D eigenvalue weighted by Crippen LogP contribution is 2.34. The molecule has 0 saturated heterocycles. The van der Waals surface area contributed by atoms with E-state index in [1.807, 2.05) is 13.0 Å². The van der Waals surface area contributed by atoms with Gasteiger partial charge in [-0.3, -0.25) is 9.59 Å². The zero-order valence-corrected chi connectivity index (χ0v) is 21.9. The van der Waals surface area contributed by atoms with Crippen molar-refractivity contribution in [2.24, 2.45) is 0 Å². The van der Waals surface area contributed by atoms with Gasteiger partial charge in [0.15, 0.2) is 11.3 Å². The molecule has 1 aliphatic carbocycles. The number of halogens is 1. The molecule has 0 aliphatic heterocycles. The summed E-state index contributed by atoms with van der Waals surface area (Å²) in [5.74, 6) is 0.149. The van der Waals surface area contributed by atoms with Crippen LogP contribution in [0.15, 0.2) is 23.0 Å². The van der Waals surface area contributed by atoms with Crippen molar-refractivity contribution < 1.29 is 9.53 Å². The zero-order chi connectivity index (χ0) is 25.0. The Morgan fingerprint density at radius 3 is 2.35 bits per heavy atom. The minimum absolute atomic E-state index is 0.122. The Hall–Kier alpha value is -2.51. The molecule has 1 aromatic carbocycles. The first-order valence-electron chi connectivity index (χ1n) is 11.9. The lowest BCUT2D eigenvalue weighted by Crippen LogP contribution is -2.42. The first-order chi connectivity index (χ1) is 16.2. The summed E-state index contributed by atoms with van der Waals surface area (Å²) < 4.78 is 5.10. The molecular weight excluding hydrogens is 452 g/mol. The first kappa shape index (κ1) is 26.1. The summed E-state index contributed by atoms with van der Waals surface area (Å²) in [7, 11) is 5.80. The van der Waals surface area contributed by atoms with Crippen molar-refractivity contribution in [1.29, 1.82) is 0 Å². The second-order valence-electron chi connectivity index (χ2n) is 9.30. The number of anilines is 1. The van der Waals surface area contributed by atoms with Gasteiger partial charge < -0.3 is 24.8 Å². The van der Waals surface area contributed by atoms with E-state index in [1.165, 1.54) is 13.2 Å². The topological polar surface area (TPSA) is 77.7 Å². The molecule has 0 radical (unpaired) electrons. The Bertz CT molecular complexity index is 1070. The number of nitrogens with zero attached hydrogens (tertiary/aromatic N) is 2. The monoisotopic (exact) mass is 488 g/mol. The van der Waals surface area contributed by atoms with Crippen LogP contribution < -0.4 is 20.4 Å². The van der Waals surface area contributed by atoms with Crippen molar-refractivity contribution in [2.75, 3.05) is 32.6 Å². The third-order valence-electron chi connectivity index (χ3n) is 7.05. The van der Waals surface area contributed by atoms with Gasteiger partial charge in [0.1, 0.15) is 0 Å². The Labute approximate surface area is 207 Å². The van der Waals surface area contributed by atoms with Gasteiger partial charge in [-0.2, -0.15) is 0 Å². The lowest BCUT2D eigenvalue weighted by molar-refractivity contribution is 0.0950. The number of carbonyl (C=O) groups is 1. The quantitative estimate of drug-likeness (QED) is 0.579. The molecule has 7 nitrogen and oxygen atoms in total. The van der Waals surface area contributed by atoms with Crippen molar-refractivity contribution in [3.05, 3.63) is 55.8 Å². The molecule has 0 atom stereocenters. The van der Waals surface area contributed by atoms with Gasteiger partial charge in [-0.05, 0) is 78.2 Å². The molecule has 186 valence electrons. The van der Waals surface area contributed by atoms with E-state index >= 15 is 0 Å². The predicted octanol–water partition coefficient (Wildman–Crippen LogP) is 4.28. The standard InChI is InChI=1S/C26H37ClN4O3/c1-7-31(20-10-8-19(9-11-20)30(4)5)23-13-18(27)12-21(16(23)2)26(33)28-15-22-17(3)29-25(34-6)14-24(22)32/h12-14,19-20H,7-11,15H2,1-6H3,(H,28,33)(H,29,32). The van der Waals surface area contributed by atoms with Crippen LogP contribution in [-0.4, -0.2) is 55.6 Å². The number of amides is 1. The number of ether oxygens (including phenoxy) is 1. The van der Waals surface area contributed by atoms with E-state index < -0.39 is 0 Å². The van der Waals surface area contributed by atoms with Crippen LogP contribution in [0.2, 0.25) is 5.02 Å². The molecule has 34 heavy (non-hydrogen) atoms. The number of rotatable bonds is 8. The highest BCUT2D eigenvalue weighted by atomic mass is 35.5. The molecule has 1 aromatic heterocycles. The summed E-state index contributed by atoms with van der Waals surface area (Å²) in [6, 6.07) is 6.11. The summed E-state index contributed by atoms with van der Waals surface area (Å²) in [4.78, 5) is 33.3. The highest BCUT2D eigenvalue weighted by Gasteiger charge is 2.28. The number of pyridine rings is 1. The van der Waals surface area contributed by atoms with Crippen molar-refractivity contribution in [3.8, 4) is 5.88 Å². The Morgan fingerprint density at radius 1 is 1.15 bits per heavy atom. The van der Waals surface area contributed by atoms with E-state index in [4.69, 9.17) is 16.3 Å². The van der Waals surface area contributed by atoms with Gasteiger partial charge in [0, 0.05) is 58.8 Å². The second-order valence-corrected chi connectivity index (χ2v) is 9.73. The third-order valence-corrected chi connectivity index (χ3v) is 7.26. The van der Waals surface area contributed by atoms with Crippen LogP contribution in [0.3, 0.4) is 0 Å². The SMILES string of the molecule is CCN(c1cc(Cl)cc(C(=O)NCc2c(C)[nH]c(OC)cc2=O)c1C)C1CCC(N(C)C)CC1. The van der Waals surface area contributed by atoms with Gasteiger partial charge in [-0.25, -0.2) is 0 Å². The molecule has 8 heteroatoms. The fraction of sp³-hybridized carbons (Fsp3) is 0.538. The summed E-state index contributed by atoms with van der Waals surface area (Å²) in [6.07, 6.45) is 4.56. The summed E-state index contributed by atoms with van der Waals surface area (Å²) in [5, 5.41) is 3.43. The molecule has 2 N–H and O–H groups in total. The molecule has 3 rings (SSSR count). The average Bonchev–Trinajstić information content (AvgIpc) is 2.80. The fourth-order valence-corrected chi connectivity index (χ4v) is 5.20. The van der Waals surface area contributed by atoms with Crippen LogP contribution >= 0.6 is 11.6 Å². The number of hydrogen-bond donors (Lipinski definition) is 2. The number of nitrogens with one attached hydrogen (secondary N) is 2. The number of H-pyrrole nitrogens is 1. The number of aryl methyl sites for hydroxylation is 1. The van der Waals surface area contributed by atoms with Crippen molar-refractivity contribution in [2.45, 2.75) is 65.1 Å². The predicted molar refractivity (Wildman–Crippen MR) is 138 cm³/mol. The fourth-order valence-electron chi connectivity index (χ4n) is 4.99. The average molecular weight is 489 g/mol. The Kier molecular flexibility index (Phi) is 8.66. The van der Waals surface area contributed by atoms with Crippen LogP contribution in [0.4, 0.5) is 5.69 Å². The minimum atomic E-state index is -0.247. The summed E-state index contributed by atoms with van der Waals surface area (Å²) in [5.41, 5.74) is 3.43. The highest BCUT2D eigenvalue weighted by molar-refractivity contribution is 6.31. The maximum absolute atomic E-state index is 13.2. The van der Waals surface area contributed by atoms with Gasteiger partial charge in [0.05, 0.1) is 7.11 Å². The van der Waals surface area contributed by atoms with E-state index in [2.05, 4.69) is 41.1 Å². The van der Waals surface area contributed by atoms with E-state index in [-0.39, 0.29) is 17.9 Å².